The Hall–Kier alpha value is -4.39. The molecule has 6 rings (SSSR count). The van der Waals surface area contributed by atoms with Crippen LogP contribution in [-0.4, -0.2) is 28.2 Å². The zero-order chi connectivity index (χ0) is 25.5. The fraction of sp³-hybridized carbons (Fsp3) is 0.0714. The lowest BCUT2D eigenvalue weighted by Gasteiger charge is -2.18. The molecule has 5 aromatic rings. The maximum atomic E-state index is 13.6. The lowest BCUT2D eigenvalue weighted by molar-refractivity contribution is 0.0984. The number of carbonyl (C=O) groups is 2. The van der Waals surface area contributed by atoms with Gasteiger partial charge in [-0.15, -0.1) is 0 Å². The van der Waals surface area contributed by atoms with E-state index >= 15 is 0 Å². The number of hydrogen-bond acceptors (Lipinski definition) is 5. The van der Waals surface area contributed by atoms with Crippen molar-refractivity contribution in [2.24, 2.45) is 0 Å². The topological polar surface area (TPSA) is 121 Å². The molecule has 0 fully saturated rings. The van der Waals surface area contributed by atoms with E-state index in [-0.39, 0.29) is 11.8 Å². The lowest BCUT2D eigenvalue weighted by Crippen LogP contribution is -2.29. The standard InChI is InChI=1S/C28H23N4O4P/c29-18-7-5-16(6-8-18)27(33)30-19-9-10-23-17(13-19)14-24(31-23)28(34)32-12-11-21-20-3-1-2-4-22(20)26(36-37-35)15-25(21)32/h1-10,13-15,31,35,37H,11-12,29H2,(H,30,33). The van der Waals surface area contributed by atoms with E-state index in [4.69, 9.17) is 10.3 Å². The minimum absolute atomic E-state index is 0.157. The number of aromatic amines is 1. The second-order valence-electron chi connectivity index (χ2n) is 8.88. The van der Waals surface area contributed by atoms with Gasteiger partial charge in [-0.2, -0.15) is 0 Å². The van der Waals surface area contributed by atoms with Crippen LogP contribution in [-0.2, 0) is 6.42 Å². The third-order valence-electron chi connectivity index (χ3n) is 6.65. The number of benzene rings is 4. The first-order chi connectivity index (χ1) is 18.0. The predicted octanol–water partition coefficient (Wildman–Crippen LogP) is 5.24. The molecule has 1 unspecified atom stereocenters. The van der Waals surface area contributed by atoms with E-state index in [1.54, 1.807) is 41.3 Å². The molecule has 0 saturated carbocycles. The van der Waals surface area contributed by atoms with Gasteiger partial charge in [0.05, 0.1) is 5.69 Å². The minimum atomic E-state index is -0.692. The van der Waals surface area contributed by atoms with Gasteiger partial charge in [0.15, 0.2) is 0 Å². The first-order valence-electron chi connectivity index (χ1n) is 11.7. The van der Waals surface area contributed by atoms with Crippen LogP contribution in [0, 0.1) is 0 Å². The molecule has 1 atom stereocenters. The quantitative estimate of drug-likeness (QED) is 0.190. The van der Waals surface area contributed by atoms with Crippen molar-refractivity contribution in [3.63, 3.8) is 0 Å². The number of nitrogens with two attached hydrogens (primary N) is 1. The van der Waals surface area contributed by atoms with Crippen molar-refractivity contribution < 1.29 is 19.0 Å². The van der Waals surface area contributed by atoms with Crippen molar-refractivity contribution in [1.82, 2.24) is 4.98 Å². The summed E-state index contributed by atoms with van der Waals surface area (Å²) in [5, 5.41) is 5.62. The number of nitrogen functional groups attached to an aromatic ring is 1. The molecule has 9 heteroatoms. The highest BCUT2D eigenvalue weighted by Gasteiger charge is 2.29. The van der Waals surface area contributed by atoms with Crippen molar-refractivity contribution in [3.05, 3.63) is 95.7 Å². The average molecular weight is 510 g/mol. The number of anilines is 3. The predicted molar refractivity (Wildman–Crippen MR) is 148 cm³/mol. The summed E-state index contributed by atoms with van der Waals surface area (Å²) in [6.07, 6.45) is 0.727. The number of amides is 2. The van der Waals surface area contributed by atoms with Gasteiger partial charge in [0.1, 0.15) is 11.4 Å². The van der Waals surface area contributed by atoms with E-state index in [1.165, 1.54) is 0 Å². The van der Waals surface area contributed by atoms with Crippen LogP contribution in [0.15, 0.2) is 78.9 Å². The van der Waals surface area contributed by atoms with Gasteiger partial charge in [-0.05, 0) is 65.9 Å². The normalized spacial score (nSPS) is 12.9. The summed E-state index contributed by atoms with van der Waals surface area (Å²) >= 11 is 0. The van der Waals surface area contributed by atoms with E-state index in [0.29, 0.717) is 34.9 Å². The third kappa shape index (κ3) is 4.16. The summed E-state index contributed by atoms with van der Waals surface area (Å²) in [6.45, 7) is 0.543. The van der Waals surface area contributed by atoms with Crippen LogP contribution in [0.3, 0.4) is 0 Å². The second kappa shape index (κ2) is 9.24. The highest BCUT2D eigenvalue weighted by atomic mass is 31.1. The summed E-state index contributed by atoms with van der Waals surface area (Å²) in [5.41, 5.74) is 10.5. The fourth-order valence-electron chi connectivity index (χ4n) is 4.89. The van der Waals surface area contributed by atoms with Crippen LogP contribution in [0.1, 0.15) is 26.4 Å². The Morgan fingerprint density at radius 1 is 1.00 bits per heavy atom. The van der Waals surface area contributed by atoms with E-state index in [9.17, 15) is 14.5 Å². The molecule has 0 radical (unpaired) electrons. The van der Waals surface area contributed by atoms with E-state index in [1.807, 2.05) is 42.5 Å². The molecular formula is C28H23N4O4P. The molecule has 5 N–H and O–H groups in total. The maximum Gasteiger partial charge on any atom is 0.274 e. The van der Waals surface area contributed by atoms with Crippen LogP contribution in [0.25, 0.3) is 21.7 Å². The molecule has 2 heterocycles. The highest BCUT2D eigenvalue weighted by molar-refractivity contribution is 7.25. The fourth-order valence-corrected chi connectivity index (χ4v) is 5.16. The number of carbonyl (C=O) groups excluding carboxylic acids is 2. The minimum Gasteiger partial charge on any atom is -0.449 e. The summed E-state index contributed by atoms with van der Waals surface area (Å²) in [6, 6.07) is 23.6. The average Bonchev–Trinajstić information content (AvgIpc) is 3.53. The van der Waals surface area contributed by atoms with E-state index in [2.05, 4.69) is 10.3 Å². The third-order valence-corrected chi connectivity index (χ3v) is 6.96. The molecular weight excluding hydrogens is 487 g/mol. The molecule has 1 aromatic heterocycles. The van der Waals surface area contributed by atoms with Gasteiger partial charge in [0.2, 0.25) is 9.03 Å². The molecule has 37 heavy (non-hydrogen) atoms. The van der Waals surface area contributed by atoms with Gasteiger partial charge in [-0.1, -0.05) is 24.3 Å². The Morgan fingerprint density at radius 2 is 1.78 bits per heavy atom. The van der Waals surface area contributed by atoms with Crippen molar-refractivity contribution >= 4 is 59.6 Å². The number of nitrogens with one attached hydrogen (secondary N) is 2. The van der Waals surface area contributed by atoms with Crippen LogP contribution in [0.2, 0.25) is 0 Å². The summed E-state index contributed by atoms with van der Waals surface area (Å²) in [5.74, 6) is 0.150. The van der Waals surface area contributed by atoms with Gasteiger partial charge < -0.3 is 30.4 Å². The highest BCUT2D eigenvalue weighted by Crippen LogP contribution is 2.41. The number of nitrogens with zero attached hydrogens (tertiary/aromatic N) is 1. The monoisotopic (exact) mass is 510 g/mol. The molecule has 2 amide bonds. The molecule has 0 aliphatic carbocycles. The summed E-state index contributed by atoms with van der Waals surface area (Å²) < 4.78 is 5.51. The van der Waals surface area contributed by atoms with Crippen LogP contribution < -0.4 is 20.5 Å². The van der Waals surface area contributed by atoms with Crippen molar-refractivity contribution in [3.8, 4) is 5.75 Å². The van der Waals surface area contributed by atoms with Crippen LogP contribution >= 0.6 is 9.03 Å². The zero-order valence-corrected chi connectivity index (χ0v) is 20.6. The molecule has 1 aliphatic heterocycles. The largest absolute Gasteiger partial charge is 0.449 e. The summed E-state index contributed by atoms with van der Waals surface area (Å²) in [4.78, 5) is 40.5. The Labute approximate surface area is 214 Å². The molecule has 0 spiro atoms. The first kappa shape index (κ1) is 23.0. The Kier molecular flexibility index (Phi) is 5.75. The van der Waals surface area contributed by atoms with E-state index < -0.39 is 9.03 Å². The van der Waals surface area contributed by atoms with Crippen LogP contribution in [0.5, 0.6) is 5.75 Å². The SMILES string of the molecule is Nc1ccc(C(=O)Nc2ccc3[nH]c(C(=O)N4CCc5c4cc(OPO)c4ccccc54)cc3c2)cc1. The van der Waals surface area contributed by atoms with Gasteiger partial charge in [0, 0.05) is 45.8 Å². The lowest BCUT2D eigenvalue weighted by atomic mass is 10.0. The van der Waals surface area contributed by atoms with Crippen molar-refractivity contribution in [2.45, 2.75) is 6.42 Å². The van der Waals surface area contributed by atoms with E-state index in [0.717, 1.165) is 39.3 Å². The van der Waals surface area contributed by atoms with Crippen LogP contribution in [0.4, 0.5) is 17.1 Å². The molecule has 0 saturated heterocycles. The zero-order valence-electron chi connectivity index (χ0n) is 19.6. The van der Waals surface area contributed by atoms with Gasteiger partial charge in [-0.3, -0.25) is 9.59 Å². The van der Waals surface area contributed by atoms with Crippen molar-refractivity contribution in [1.29, 1.82) is 0 Å². The smallest absolute Gasteiger partial charge is 0.274 e. The number of H-pyrrole nitrogens is 1. The summed E-state index contributed by atoms with van der Waals surface area (Å²) in [7, 11) is -0.692. The second-order valence-corrected chi connectivity index (χ2v) is 9.27. The molecule has 184 valence electrons. The van der Waals surface area contributed by atoms with Gasteiger partial charge in [0.25, 0.3) is 11.8 Å². The van der Waals surface area contributed by atoms with Gasteiger partial charge >= 0.3 is 0 Å². The number of rotatable bonds is 5. The molecule has 1 aliphatic rings. The Balaban J connectivity index is 1.29. The van der Waals surface area contributed by atoms with Crippen molar-refractivity contribution in [2.75, 3.05) is 22.5 Å². The maximum absolute atomic E-state index is 13.6. The number of aromatic nitrogens is 1. The Morgan fingerprint density at radius 3 is 2.57 bits per heavy atom. The molecule has 8 nitrogen and oxygen atoms in total. The first-order valence-corrected chi connectivity index (χ1v) is 12.6. The van der Waals surface area contributed by atoms with Gasteiger partial charge in [-0.25, -0.2) is 0 Å². The number of hydrogen-bond donors (Lipinski definition) is 4. The molecule has 0 bridgehead atoms. The Bertz CT molecular complexity index is 1680. The number of fused-ring (bicyclic) bond motifs is 4. The molecule has 4 aromatic carbocycles.